The van der Waals surface area contributed by atoms with Gasteiger partial charge in [0.05, 0.1) is 44.0 Å². The Kier molecular flexibility index (Phi) is 9.21. The van der Waals surface area contributed by atoms with E-state index < -0.39 is 27.6 Å². The van der Waals surface area contributed by atoms with Crippen molar-refractivity contribution in [2.75, 3.05) is 45.7 Å². The van der Waals surface area contributed by atoms with Crippen LogP contribution in [0.2, 0.25) is 5.02 Å². The van der Waals surface area contributed by atoms with Crippen molar-refractivity contribution < 1.29 is 27.5 Å². The van der Waals surface area contributed by atoms with Crippen LogP contribution >= 0.6 is 11.6 Å². The largest absolute Gasteiger partial charge is 0.468 e. The predicted molar refractivity (Wildman–Crippen MR) is 163 cm³/mol. The van der Waals surface area contributed by atoms with Gasteiger partial charge in [0, 0.05) is 59.9 Å². The van der Waals surface area contributed by atoms with Crippen LogP contribution in [0.1, 0.15) is 29.0 Å². The Morgan fingerprint density at radius 1 is 1.12 bits per heavy atom. The van der Waals surface area contributed by atoms with Crippen LogP contribution in [0.25, 0.3) is 22.0 Å². The molecule has 1 aliphatic rings. The molecule has 1 N–H and O–H groups in total. The van der Waals surface area contributed by atoms with Crippen LogP contribution in [0.15, 0.2) is 59.8 Å². The number of methoxy groups -OCH3 is 1. The van der Waals surface area contributed by atoms with Crippen molar-refractivity contribution in [1.29, 1.82) is 0 Å². The number of rotatable bonds is 10. The monoisotopic (exact) mass is 627 g/mol. The number of carbonyl (C=O) groups is 2. The maximum absolute atomic E-state index is 13.3. The van der Waals surface area contributed by atoms with E-state index in [0.717, 1.165) is 68.5 Å². The number of nitrogens with one attached hydrogen (secondary N) is 1. The molecule has 13 heteroatoms. The second-order valence-electron chi connectivity index (χ2n) is 10.5. The van der Waals surface area contributed by atoms with Gasteiger partial charge in [-0.2, -0.15) is 5.10 Å². The van der Waals surface area contributed by atoms with Crippen molar-refractivity contribution in [2.45, 2.75) is 24.4 Å². The van der Waals surface area contributed by atoms with Crippen molar-refractivity contribution in [3.8, 4) is 11.1 Å². The number of hydrogen-bond acceptors (Lipinski definition) is 8. The van der Waals surface area contributed by atoms with Crippen molar-refractivity contribution in [2.24, 2.45) is 7.05 Å². The summed E-state index contributed by atoms with van der Waals surface area (Å²) in [5, 5.41) is 8.89. The van der Waals surface area contributed by atoms with Gasteiger partial charge in [-0.15, -0.1) is 0 Å². The van der Waals surface area contributed by atoms with Gasteiger partial charge in [0.25, 0.3) is 5.91 Å². The van der Waals surface area contributed by atoms with E-state index in [0.29, 0.717) is 16.3 Å². The highest BCUT2D eigenvalue weighted by molar-refractivity contribution is 7.92. The zero-order valence-electron chi connectivity index (χ0n) is 24.2. The third-order valence-corrected chi connectivity index (χ3v) is 9.60. The molecule has 0 spiro atoms. The first-order valence-corrected chi connectivity index (χ1v) is 15.9. The fraction of sp³-hybridized carbons (Fsp3) is 0.367. The lowest BCUT2D eigenvalue weighted by molar-refractivity contribution is -0.137. The predicted octanol–water partition coefficient (Wildman–Crippen LogP) is 3.47. The molecule has 4 aromatic rings. The Bertz CT molecular complexity index is 1740. The molecule has 0 bridgehead atoms. The maximum Gasteiger partial charge on any atom is 0.321 e. The van der Waals surface area contributed by atoms with E-state index in [1.807, 2.05) is 41.5 Å². The molecular formula is C30H34ClN5O6S. The average molecular weight is 628 g/mol. The van der Waals surface area contributed by atoms with Gasteiger partial charge in [-0.3, -0.25) is 19.2 Å². The Morgan fingerprint density at radius 2 is 1.84 bits per heavy atom. The molecule has 0 radical (unpaired) electrons. The van der Waals surface area contributed by atoms with Crippen LogP contribution < -0.4 is 5.32 Å². The second kappa shape index (κ2) is 12.9. The smallest absolute Gasteiger partial charge is 0.321 e. The molecule has 5 rings (SSSR count). The first-order chi connectivity index (χ1) is 20.6. The number of aryl methyl sites for hydroxylation is 1. The number of aromatic nitrogens is 3. The third kappa shape index (κ3) is 6.93. The standard InChI is InChI=1S/C30H34ClN5O6S/c1-20(21-4-6-24(7-5-21)43(39,40)19-29(37)41-3)33-30(38)28-15-22-14-26(31)25(16-27(22)34(28)2)23-17-32-36(18-23)9-8-35-10-12-42-13-11-35/h4-7,14-18,20H,8-13,19H2,1-3H3,(H,33,38). The first kappa shape index (κ1) is 30.7. The highest BCUT2D eigenvalue weighted by atomic mass is 35.5. The summed E-state index contributed by atoms with van der Waals surface area (Å²) in [6.07, 6.45) is 3.79. The molecule has 3 heterocycles. The first-order valence-electron chi connectivity index (χ1n) is 13.9. The Balaban J connectivity index is 1.29. The summed E-state index contributed by atoms with van der Waals surface area (Å²) in [4.78, 5) is 27.1. The molecule has 228 valence electrons. The van der Waals surface area contributed by atoms with Gasteiger partial charge in [-0.25, -0.2) is 8.42 Å². The number of hydrogen-bond donors (Lipinski definition) is 1. The number of nitrogens with zero attached hydrogens (tertiary/aromatic N) is 4. The van der Waals surface area contributed by atoms with Crippen LogP contribution in [-0.4, -0.2) is 85.3 Å². The van der Waals surface area contributed by atoms with Crippen molar-refractivity contribution in [1.82, 2.24) is 24.6 Å². The number of ether oxygens (including phenoxy) is 2. The molecule has 1 saturated heterocycles. The minimum Gasteiger partial charge on any atom is -0.468 e. The molecule has 1 atom stereocenters. The number of fused-ring (bicyclic) bond motifs is 1. The highest BCUT2D eigenvalue weighted by Crippen LogP contribution is 2.33. The fourth-order valence-corrected chi connectivity index (χ4v) is 6.53. The van der Waals surface area contributed by atoms with Crippen molar-refractivity contribution in [3.05, 3.63) is 71.1 Å². The molecule has 1 amide bonds. The molecule has 1 fully saturated rings. The van der Waals surface area contributed by atoms with Crippen LogP contribution in [0.4, 0.5) is 0 Å². The van der Waals surface area contributed by atoms with Gasteiger partial charge in [0.2, 0.25) is 0 Å². The SMILES string of the molecule is COC(=O)CS(=O)(=O)c1ccc(C(C)NC(=O)c2cc3cc(Cl)c(-c4cnn(CCN5CCOCC5)c4)cc3n2C)cc1. The van der Waals surface area contributed by atoms with Crippen LogP contribution in [0.5, 0.6) is 0 Å². The summed E-state index contributed by atoms with van der Waals surface area (Å²) in [5.74, 6) is -1.86. The number of morpholine rings is 1. The normalized spacial score (nSPS) is 15.0. The molecule has 0 saturated carbocycles. The average Bonchev–Trinajstić information content (AvgIpc) is 3.60. The second-order valence-corrected chi connectivity index (χ2v) is 12.9. The van der Waals surface area contributed by atoms with E-state index in [-0.39, 0.29) is 10.8 Å². The van der Waals surface area contributed by atoms with E-state index >= 15 is 0 Å². The zero-order valence-corrected chi connectivity index (χ0v) is 25.8. The molecule has 1 unspecified atom stereocenters. The number of carbonyl (C=O) groups excluding carboxylic acids is 2. The minimum absolute atomic E-state index is 0.00388. The van der Waals surface area contributed by atoms with Crippen molar-refractivity contribution in [3.63, 3.8) is 0 Å². The van der Waals surface area contributed by atoms with Crippen molar-refractivity contribution >= 4 is 44.2 Å². The highest BCUT2D eigenvalue weighted by Gasteiger charge is 2.22. The van der Waals surface area contributed by atoms with E-state index in [4.69, 9.17) is 16.3 Å². The Labute approximate surface area is 255 Å². The van der Waals surface area contributed by atoms with Crippen LogP contribution in [0, 0.1) is 0 Å². The lowest BCUT2D eigenvalue weighted by atomic mass is 10.1. The summed E-state index contributed by atoms with van der Waals surface area (Å²) in [7, 11) is -0.858. The third-order valence-electron chi connectivity index (χ3n) is 7.68. The van der Waals surface area contributed by atoms with Crippen LogP contribution in [0.3, 0.4) is 0 Å². The van der Waals surface area contributed by atoms with Gasteiger partial charge < -0.3 is 19.4 Å². The van der Waals surface area contributed by atoms with Crippen LogP contribution in [-0.2, 0) is 37.7 Å². The van der Waals surface area contributed by atoms with Gasteiger partial charge in [0.15, 0.2) is 15.6 Å². The van der Waals surface area contributed by atoms with E-state index in [2.05, 4.69) is 20.1 Å². The number of benzene rings is 2. The molecule has 2 aromatic carbocycles. The van der Waals surface area contributed by atoms with Gasteiger partial charge in [-0.05, 0) is 42.8 Å². The minimum atomic E-state index is -3.82. The summed E-state index contributed by atoms with van der Waals surface area (Å²) in [5.41, 5.74) is 3.73. The topological polar surface area (TPSA) is 125 Å². The summed E-state index contributed by atoms with van der Waals surface area (Å²) < 4.78 is 38.4. The van der Waals surface area contributed by atoms with E-state index in [9.17, 15) is 18.0 Å². The lowest BCUT2D eigenvalue weighted by Crippen LogP contribution is -2.38. The molecule has 0 aliphatic carbocycles. The summed E-state index contributed by atoms with van der Waals surface area (Å²) in [6, 6.07) is 11.3. The number of halogens is 1. The van der Waals surface area contributed by atoms with Gasteiger partial charge in [-0.1, -0.05) is 23.7 Å². The lowest BCUT2D eigenvalue weighted by Gasteiger charge is -2.26. The van der Waals surface area contributed by atoms with Gasteiger partial charge in [0.1, 0.15) is 5.69 Å². The summed E-state index contributed by atoms with van der Waals surface area (Å²) in [6.45, 7) is 6.83. The fourth-order valence-electron chi connectivity index (χ4n) is 5.11. The number of amides is 1. The van der Waals surface area contributed by atoms with E-state index in [1.165, 1.54) is 12.1 Å². The molecular weight excluding hydrogens is 594 g/mol. The molecule has 43 heavy (non-hydrogen) atoms. The van der Waals surface area contributed by atoms with Gasteiger partial charge >= 0.3 is 5.97 Å². The summed E-state index contributed by atoms with van der Waals surface area (Å²) >= 11 is 6.69. The Morgan fingerprint density at radius 3 is 2.53 bits per heavy atom. The molecule has 2 aromatic heterocycles. The Hall–Kier alpha value is -3.71. The number of esters is 1. The number of sulfone groups is 1. The quantitative estimate of drug-likeness (QED) is 0.265. The molecule has 1 aliphatic heterocycles. The molecule has 11 nitrogen and oxygen atoms in total. The maximum atomic E-state index is 13.3. The van der Waals surface area contributed by atoms with E-state index in [1.54, 1.807) is 24.4 Å². The zero-order chi connectivity index (χ0) is 30.7.